The smallest absolute Gasteiger partial charge is 0.339 e. The zero-order valence-corrected chi connectivity index (χ0v) is 15.8. The van der Waals surface area contributed by atoms with Crippen LogP contribution in [0.15, 0.2) is 52.4 Å². The van der Waals surface area contributed by atoms with Crippen LogP contribution in [-0.2, 0) is 4.79 Å². The van der Waals surface area contributed by atoms with E-state index in [0.717, 1.165) is 0 Å². The number of hydrogen-bond acceptors (Lipinski definition) is 5. The van der Waals surface area contributed by atoms with Gasteiger partial charge < -0.3 is 15.2 Å². The van der Waals surface area contributed by atoms with Crippen molar-refractivity contribution in [3.63, 3.8) is 0 Å². The molecule has 2 aromatic rings. The summed E-state index contributed by atoms with van der Waals surface area (Å²) >= 11 is 7.03. The van der Waals surface area contributed by atoms with E-state index in [4.69, 9.17) is 16.3 Å². The van der Waals surface area contributed by atoms with Crippen LogP contribution in [0.1, 0.15) is 22.8 Å². The van der Waals surface area contributed by atoms with Crippen molar-refractivity contribution in [3.8, 4) is 5.75 Å². The van der Waals surface area contributed by atoms with E-state index in [2.05, 4.69) is 10.3 Å². The Morgan fingerprint density at radius 2 is 2.04 bits per heavy atom. The van der Waals surface area contributed by atoms with Crippen molar-refractivity contribution in [2.24, 2.45) is 4.99 Å². The van der Waals surface area contributed by atoms with Crippen LogP contribution in [0.25, 0.3) is 6.08 Å². The molecule has 6 nitrogen and oxygen atoms in total. The van der Waals surface area contributed by atoms with Gasteiger partial charge in [0.1, 0.15) is 11.3 Å². The van der Waals surface area contributed by atoms with Crippen LogP contribution >= 0.6 is 23.4 Å². The van der Waals surface area contributed by atoms with Crippen LogP contribution in [0.2, 0.25) is 5.02 Å². The normalized spacial score (nSPS) is 16.6. The van der Waals surface area contributed by atoms with Gasteiger partial charge in [-0.2, -0.15) is 0 Å². The highest BCUT2D eigenvalue weighted by molar-refractivity contribution is 8.18. The Bertz CT molecular complexity index is 955. The van der Waals surface area contributed by atoms with Gasteiger partial charge in [0.2, 0.25) is 0 Å². The minimum atomic E-state index is -1.09. The third-order valence-electron chi connectivity index (χ3n) is 3.54. The fourth-order valence-electron chi connectivity index (χ4n) is 2.35. The number of rotatable bonds is 5. The Morgan fingerprint density at radius 3 is 2.70 bits per heavy atom. The van der Waals surface area contributed by atoms with E-state index in [-0.39, 0.29) is 11.5 Å². The SMILES string of the molecule is CCOc1ccc(/C=C2\SC(=Nc3ccc(Cl)cc3)NC2=O)cc1C(=O)O. The van der Waals surface area contributed by atoms with Crippen LogP contribution in [0.4, 0.5) is 5.69 Å². The average molecular weight is 403 g/mol. The van der Waals surface area contributed by atoms with Crippen LogP contribution in [0, 0.1) is 0 Å². The van der Waals surface area contributed by atoms with Gasteiger partial charge in [-0.25, -0.2) is 9.79 Å². The Morgan fingerprint density at radius 1 is 1.30 bits per heavy atom. The van der Waals surface area contributed by atoms with Crippen molar-refractivity contribution in [2.45, 2.75) is 6.92 Å². The number of amidine groups is 1. The van der Waals surface area contributed by atoms with E-state index < -0.39 is 5.97 Å². The Balaban J connectivity index is 1.85. The van der Waals surface area contributed by atoms with Gasteiger partial charge >= 0.3 is 5.97 Å². The summed E-state index contributed by atoms with van der Waals surface area (Å²) in [6.07, 6.45) is 1.62. The molecule has 1 fully saturated rings. The maximum atomic E-state index is 12.2. The lowest BCUT2D eigenvalue weighted by molar-refractivity contribution is -0.115. The minimum absolute atomic E-state index is 0.0460. The van der Waals surface area contributed by atoms with Crippen molar-refractivity contribution in [1.82, 2.24) is 5.32 Å². The molecule has 0 bridgehead atoms. The highest BCUT2D eigenvalue weighted by atomic mass is 35.5. The van der Waals surface area contributed by atoms with Crippen molar-refractivity contribution in [2.75, 3.05) is 6.61 Å². The molecule has 0 radical (unpaired) electrons. The van der Waals surface area contributed by atoms with Crippen molar-refractivity contribution in [3.05, 3.63) is 63.5 Å². The average Bonchev–Trinajstić information content (AvgIpc) is 2.97. The lowest BCUT2D eigenvalue weighted by Gasteiger charge is -2.07. The van der Waals surface area contributed by atoms with Crippen molar-refractivity contribution in [1.29, 1.82) is 0 Å². The lowest BCUT2D eigenvalue weighted by Crippen LogP contribution is -2.19. The molecule has 27 heavy (non-hydrogen) atoms. The summed E-state index contributed by atoms with van der Waals surface area (Å²) < 4.78 is 5.32. The number of hydrogen-bond donors (Lipinski definition) is 2. The molecule has 3 rings (SSSR count). The summed E-state index contributed by atoms with van der Waals surface area (Å²) in [6, 6.07) is 11.7. The number of aliphatic imine (C=N–C) groups is 1. The minimum Gasteiger partial charge on any atom is -0.493 e. The van der Waals surface area contributed by atoms with Crippen molar-refractivity contribution >= 4 is 52.2 Å². The summed E-state index contributed by atoms with van der Waals surface area (Å²) in [4.78, 5) is 28.4. The molecule has 8 heteroatoms. The quantitative estimate of drug-likeness (QED) is 0.727. The molecule has 1 heterocycles. The summed E-state index contributed by atoms with van der Waals surface area (Å²) in [7, 11) is 0. The predicted octanol–water partition coefficient (Wildman–Crippen LogP) is 4.33. The Kier molecular flexibility index (Phi) is 5.83. The molecule has 1 aliphatic heterocycles. The molecule has 1 amide bonds. The number of nitrogens with zero attached hydrogens (tertiary/aromatic N) is 1. The second-order valence-electron chi connectivity index (χ2n) is 5.45. The second-order valence-corrected chi connectivity index (χ2v) is 6.92. The van der Waals surface area contributed by atoms with E-state index in [1.54, 1.807) is 49.4 Å². The van der Waals surface area contributed by atoms with Gasteiger partial charge in [0.25, 0.3) is 5.91 Å². The van der Waals surface area contributed by atoms with Gasteiger partial charge in [0.05, 0.1) is 17.2 Å². The number of benzene rings is 2. The third-order valence-corrected chi connectivity index (χ3v) is 4.70. The molecule has 1 aliphatic rings. The standard InChI is InChI=1S/C19H15ClN2O4S/c1-2-26-15-8-3-11(9-14(15)18(24)25)10-16-17(23)22-19(27-16)21-13-6-4-12(20)5-7-13/h3-10H,2H2,1H3,(H,24,25)(H,21,22,23)/b16-10-. The second kappa shape index (κ2) is 8.28. The van der Waals surface area contributed by atoms with Crippen molar-refractivity contribution < 1.29 is 19.4 Å². The first kappa shape index (κ1) is 19.0. The van der Waals surface area contributed by atoms with Crippen LogP contribution in [-0.4, -0.2) is 28.8 Å². The van der Waals surface area contributed by atoms with Crippen LogP contribution < -0.4 is 10.1 Å². The highest BCUT2D eigenvalue weighted by Crippen LogP contribution is 2.29. The van der Waals surface area contributed by atoms with Gasteiger partial charge in [0, 0.05) is 5.02 Å². The molecule has 138 valence electrons. The number of halogens is 1. The lowest BCUT2D eigenvalue weighted by atomic mass is 10.1. The summed E-state index contributed by atoms with van der Waals surface area (Å²) in [5.74, 6) is -1.09. The number of thioether (sulfide) groups is 1. The van der Waals surface area contributed by atoms with Gasteiger partial charge in [-0.1, -0.05) is 17.7 Å². The monoisotopic (exact) mass is 402 g/mol. The molecular weight excluding hydrogens is 388 g/mol. The Labute approximate surface area is 164 Å². The first-order valence-corrected chi connectivity index (χ1v) is 9.21. The van der Waals surface area contributed by atoms with Gasteiger partial charge in [-0.05, 0) is 66.7 Å². The number of carbonyl (C=O) groups excluding carboxylic acids is 1. The number of carboxylic acid groups (broad SMARTS) is 1. The number of ether oxygens (including phenoxy) is 1. The largest absolute Gasteiger partial charge is 0.493 e. The van der Waals surface area contributed by atoms with E-state index in [1.807, 2.05) is 0 Å². The van der Waals surface area contributed by atoms with Gasteiger partial charge in [0.15, 0.2) is 5.17 Å². The third kappa shape index (κ3) is 4.69. The fraction of sp³-hybridized carbons (Fsp3) is 0.105. The molecule has 0 saturated carbocycles. The molecular formula is C19H15ClN2O4S. The van der Waals surface area contributed by atoms with Crippen LogP contribution in [0.3, 0.4) is 0 Å². The molecule has 1 saturated heterocycles. The number of carbonyl (C=O) groups is 2. The molecule has 0 atom stereocenters. The van der Waals surface area contributed by atoms with E-state index in [0.29, 0.717) is 38.7 Å². The number of nitrogens with one attached hydrogen (secondary N) is 1. The van der Waals surface area contributed by atoms with E-state index in [9.17, 15) is 14.7 Å². The predicted molar refractivity (Wildman–Crippen MR) is 107 cm³/mol. The topological polar surface area (TPSA) is 88.0 Å². The number of carboxylic acids is 1. The summed E-state index contributed by atoms with van der Waals surface area (Å²) in [5.41, 5.74) is 1.29. The molecule has 0 spiro atoms. The van der Waals surface area contributed by atoms with Gasteiger partial charge in [-0.3, -0.25) is 4.79 Å². The highest BCUT2D eigenvalue weighted by Gasteiger charge is 2.24. The Hall–Kier alpha value is -2.77. The zero-order chi connectivity index (χ0) is 19.4. The maximum absolute atomic E-state index is 12.2. The summed E-state index contributed by atoms with van der Waals surface area (Å²) in [5, 5.41) is 13.1. The molecule has 2 N–H and O–H groups in total. The number of amides is 1. The molecule has 0 aromatic heterocycles. The summed E-state index contributed by atoms with van der Waals surface area (Å²) in [6.45, 7) is 2.14. The van der Waals surface area contributed by atoms with E-state index >= 15 is 0 Å². The maximum Gasteiger partial charge on any atom is 0.339 e. The first-order valence-electron chi connectivity index (χ1n) is 8.01. The molecule has 2 aromatic carbocycles. The first-order chi connectivity index (χ1) is 13.0. The van der Waals surface area contributed by atoms with Gasteiger partial charge in [-0.15, -0.1) is 0 Å². The zero-order valence-electron chi connectivity index (χ0n) is 14.2. The number of aromatic carboxylic acids is 1. The van der Waals surface area contributed by atoms with E-state index in [1.165, 1.54) is 17.8 Å². The molecule has 0 unspecified atom stereocenters. The molecule has 0 aliphatic carbocycles. The van der Waals surface area contributed by atoms with Crippen LogP contribution in [0.5, 0.6) is 5.75 Å². The fourth-order valence-corrected chi connectivity index (χ4v) is 3.32.